The van der Waals surface area contributed by atoms with Crippen LogP contribution in [0.2, 0.25) is 0 Å². The van der Waals surface area contributed by atoms with Gasteiger partial charge >= 0.3 is 5.97 Å². The van der Waals surface area contributed by atoms with Crippen LogP contribution in [0.1, 0.15) is 38.5 Å². The van der Waals surface area contributed by atoms with E-state index >= 15 is 0 Å². The molecule has 0 saturated carbocycles. The first kappa shape index (κ1) is 12.4. The molecule has 1 N–H and O–H groups in total. The quantitative estimate of drug-likeness (QED) is 0.807. The maximum atomic E-state index is 12.0. The summed E-state index contributed by atoms with van der Waals surface area (Å²) in [4.78, 5) is 16.8. The number of carboxylic acid groups (broad SMARTS) is 1. The number of hydrogen-bond donors (Lipinski definition) is 1. The number of piperidine rings is 1. The molecule has 0 aromatic heterocycles. The van der Waals surface area contributed by atoms with Crippen LogP contribution in [-0.4, -0.2) is 59.1 Å². The Morgan fingerprint density at radius 3 is 2.44 bits per heavy atom. The molecule has 3 aliphatic heterocycles. The summed E-state index contributed by atoms with van der Waals surface area (Å²) in [5.41, 5.74) is -0.544. The van der Waals surface area contributed by atoms with Crippen molar-refractivity contribution >= 4 is 5.97 Å². The molecule has 0 spiro atoms. The summed E-state index contributed by atoms with van der Waals surface area (Å²) in [5, 5.41) is 9.89. The lowest BCUT2D eigenvalue weighted by Gasteiger charge is -2.47. The summed E-state index contributed by atoms with van der Waals surface area (Å²) in [6, 6.07) is 0. The average Bonchev–Trinajstić information content (AvgIpc) is 2.60. The molecule has 3 rings (SSSR count). The van der Waals surface area contributed by atoms with Crippen LogP contribution in [0.25, 0.3) is 0 Å². The number of hydrogen-bond acceptors (Lipinski definition) is 3. The lowest BCUT2D eigenvalue weighted by atomic mass is 9.77. The summed E-state index contributed by atoms with van der Waals surface area (Å²) in [6.45, 7) is 5.06. The topological polar surface area (TPSA) is 43.8 Å². The maximum Gasteiger partial charge on any atom is 0.324 e. The van der Waals surface area contributed by atoms with Crippen LogP contribution in [0.15, 0.2) is 0 Å². The first-order valence-electron chi connectivity index (χ1n) is 7.44. The van der Waals surface area contributed by atoms with Crippen LogP contribution in [0.3, 0.4) is 0 Å². The SMILES string of the molecule is O=C(O)C1(N2CCCCCC2)CCN2CCC1C2. The fourth-order valence-corrected chi connectivity index (χ4v) is 4.26. The fraction of sp³-hybridized carbons (Fsp3) is 0.929. The van der Waals surface area contributed by atoms with Crippen molar-refractivity contribution in [1.29, 1.82) is 0 Å². The van der Waals surface area contributed by atoms with Crippen molar-refractivity contribution in [2.75, 3.05) is 32.7 Å². The zero-order valence-electron chi connectivity index (χ0n) is 11.1. The highest BCUT2D eigenvalue weighted by Gasteiger charge is 2.54. The number of fused-ring (bicyclic) bond motifs is 2. The zero-order chi connectivity index (χ0) is 12.6. The van der Waals surface area contributed by atoms with Gasteiger partial charge in [0.1, 0.15) is 5.54 Å². The van der Waals surface area contributed by atoms with E-state index in [2.05, 4.69) is 9.80 Å². The van der Waals surface area contributed by atoms with E-state index in [1.807, 2.05) is 0 Å². The van der Waals surface area contributed by atoms with Crippen molar-refractivity contribution in [2.45, 2.75) is 44.1 Å². The Bertz CT molecular complexity index is 326. The lowest BCUT2D eigenvalue weighted by molar-refractivity contribution is -0.158. The molecule has 0 aromatic carbocycles. The summed E-state index contributed by atoms with van der Waals surface area (Å²) in [6.07, 6.45) is 6.78. The van der Waals surface area contributed by atoms with Gasteiger partial charge in [0.15, 0.2) is 0 Å². The van der Waals surface area contributed by atoms with E-state index in [0.717, 1.165) is 45.6 Å². The first-order valence-corrected chi connectivity index (χ1v) is 7.44. The minimum atomic E-state index is -0.559. The Labute approximate surface area is 109 Å². The minimum Gasteiger partial charge on any atom is -0.480 e. The molecule has 3 aliphatic rings. The van der Waals surface area contributed by atoms with Gasteiger partial charge < -0.3 is 10.0 Å². The van der Waals surface area contributed by atoms with E-state index in [9.17, 15) is 9.90 Å². The summed E-state index contributed by atoms with van der Waals surface area (Å²) < 4.78 is 0. The molecule has 2 bridgehead atoms. The van der Waals surface area contributed by atoms with Gasteiger partial charge in [0.05, 0.1) is 0 Å². The van der Waals surface area contributed by atoms with Crippen molar-refractivity contribution in [3.63, 3.8) is 0 Å². The molecule has 3 unspecified atom stereocenters. The molecule has 0 amide bonds. The second-order valence-electron chi connectivity index (χ2n) is 6.17. The molecule has 3 atom stereocenters. The Balaban J connectivity index is 1.87. The Morgan fingerprint density at radius 1 is 1.06 bits per heavy atom. The second-order valence-corrected chi connectivity index (χ2v) is 6.17. The molecule has 3 heterocycles. The molecular weight excluding hydrogens is 228 g/mol. The summed E-state index contributed by atoms with van der Waals surface area (Å²) in [5.74, 6) is -0.210. The van der Waals surface area contributed by atoms with Gasteiger partial charge in [-0.25, -0.2) is 0 Å². The van der Waals surface area contributed by atoms with E-state index in [4.69, 9.17) is 0 Å². The minimum absolute atomic E-state index is 0.349. The van der Waals surface area contributed by atoms with Gasteiger partial charge in [-0.3, -0.25) is 9.69 Å². The molecule has 102 valence electrons. The second kappa shape index (κ2) is 4.82. The third-order valence-electron chi connectivity index (χ3n) is 5.30. The highest BCUT2D eigenvalue weighted by Crippen LogP contribution is 2.41. The normalized spacial score (nSPS) is 41.6. The van der Waals surface area contributed by atoms with Gasteiger partial charge in [-0.1, -0.05) is 12.8 Å². The van der Waals surface area contributed by atoms with Crippen LogP contribution in [-0.2, 0) is 4.79 Å². The van der Waals surface area contributed by atoms with Gasteiger partial charge in [-0.15, -0.1) is 0 Å². The van der Waals surface area contributed by atoms with Gasteiger partial charge in [0, 0.05) is 19.0 Å². The van der Waals surface area contributed by atoms with Crippen molar-refractivity contribution in [3.05, 3.63) is 0 Å². The third-order valence-corrected chi connectivity index (χ3v) is 5.30. The average molecular weight is 252 g/mol. The summed E-state index contributed by atoms with van der Waals surface area (Å²) in [7, 11) is 0. The largest absolute Gasteiger partial charge is 0.480 e. The third kappa shape index (κ3) is 1.86. The van der Waals surface area contributed by atoms with Crippen molar-refractivity contribution in [2.24, 2.45) is 5.92 Å². The highest BCUT2D eigenvalue weighted by atomic mass is 16.4. The van der Waals surface area contributed by atoms with Gasteiger partial charge in [-0.05, 0) is 45.3 Å². The zero-order valence-corrected chi connectivity index (χ0v) is 11.1. The molecule has 4 nitrogen and oxygen atoms in total. The van der Waals surface area contributed by atoms with E-state index in [0.29, 0.717) is 5.92 Å². The van der Waals surface area contributed by atoms with E-state index in [1.165, 1.54) is 25.7 Å². The van der Waals surface area contributed by atoms with Gasteiger partial charge in [0.2, 0.25) is 0 Å². The Hall–Kier alpha value is -0.610. The van der Waals surface area contributed by atoms with Crippen molar-refractivity contribution < 1.29 is 9.90 Å². The Morgan fingerprint density at radius 2 is 1.78 bits per heavy atom. The first-order chi connectivity index (χ1) is 8.73. The summed E-state index contributed by atoms with van der Waals surface area (Å²) >= 11 is 0. The molecule has 0 aliphatic carbocycles. The highest BCUT2D eigenvalue weighted by molar-refractivity contribution is 5.79. The van der Waals surface area contributed by atoms with Crippen LogP contribution >= 0.6 is 0 Å². The molecule has 18 heavy (non-hydrogen) atoms. The number of rotatable bonds is 2. The number of likely N-dealkylation sites (tertiary alicyclic amines) is 1. The van der Waals surface area contributed by atoms with Gasteiger partial charge in [0.25, 0.3) is 0 Å². The maximum absolute atomic E-state index is 12.0. The van der Waals surface area contributed by atoms with E-state index in [-0.39, 0.29) is 0 Å². The predicted octanol–water partition coefficient (Wildman–Crippen LogP) is 1.41. The van der Waals surface area contributed by atoms with Crippen LogP contribution in [0.5, 0.6) is 0 Å². The van der Waals surface area contributed by atoms with E-state index < -0.39 is 11.5 Å². The molecule has 0 radical (unpaired) electrons. The molecule has 3 fully saturated rings. The molecule has 3 saturated heterocycles. The fourth-order valence-electron chi connectivity index (χ4n) is 4.26. The van der Waals surface area contributed by atoms with Crippen LogP contribution < -0.4 is 0 Å². The van der Waals surface area contributed by atoms with Crippen molar-refractivity contribution in [1.82, 2.24) is 9.80 Å². The van der Waals surface area contributed by atoms with Crippen molar-refractivity contribution in [3.8, 4) is 0 Å². The molecular formula is C14H24N2O2. The standard InChI is InChI=1S/C14H24N2O2/c17-13(18)14(16-7-3-1-2-4-8-16)6-10-15-9-5-12(14)11-15/h12H,1-11H2,(H,17,18). The van der Waals surface area contributed by atoms with Crippen LogP contribution in [0.4, 0.5) is 0 Å². The Kier molecular flexibility index (Phi) is 3.32. The molecule has 4 heteroatoms. The van der Waals surface area contributed by atoms with Gasteiger partial charge in [-0.2, -0.15) is 0 Å². The smallest absolute Gasteiger partial charge is 0.324 e. The number of nitrogens with zero attached hydrogens (tertiary/aromatic N) is 2. The lowest BCUT2D eigenvalue weighted by Crippen LogP contribution is -2.63. The number of aliphatic carboxylic acids is 1. The molecule has 0 aromatic rings. The number of carboxylic acids is 1. The van der Waals surface area contributed by atoms with Crippen LogP contribution in [0, 0.1) is 5.92 Å². The number of carbonyl (C=O) groups is 1. The monoisotopic (exact) mass is 252 g/mol. The predicted molar refractivity (Wildman–Crippen MR) is 69.6 cm³/mol. The van der Waals surface area contributed by atoms with E-state index in [1.54, 1.807) is 0 Å².